The van der Waals surface area contributed by atoms with Gasteiger partial charge in [-0.25, -0.2) is 4.98 Å². The number of carbonyl (C=O) groups is 1. The highest BCUT2D eigenvalue weighted by Gasteiger charge is 2.38. The van der Waals surface area contributed by atoms with Gasteiger partial charge in [-0.15, -0.1) is 11.8 Å². The molecule has 3 rings (SSSR count). The number of nitrogens with zero attached hydrogens (tertiary/aromatic N) is 3. The average molecular weight is 388 g/mol. The first kappa shape index (κ1) is 19.5. The van der Waals surface area contributed by atoms with Crippen LogP contribution in [0, 0.1) is 0 Å². The van der Waals surface area contributed by atoms with Gasteiger partial charge in [-0.05, 0) is 36.2 Å². The van der Waals surface area contributed by atoms with Crippen molar-refractivity contribution < 1.29 is 14.6 Å². The molecule has 2 heterocycles. The average Bonchev–Trinajstić information content (AvgIpc) is 3.05. The minimum absolute atomic E-state index is 0.116. The Morgan fingerprint density at radius 1 is 1.37 bits per heavy atom. The molecule has 1 aromatic carbocycles. The van der Waals surface area contributed by atoms with Crippen LogP contribution in [0.2, 0.25) is 0 Å². The van der Waals surface area contributed by atoms with E-state index in [2.05, 4.69) is 9.88 Å². The molecule has 7 heteroatoms. The lowest BCUT2D eigenvalue weighted by molar-refractivity contribution is -0.133. The zero-order chi connectivity index (χ0) is 19.4. The summed E-state index contributed by atoms with van der Waals surface area (Å²) in [7, 11) is 5.12. The summed E-state index contributed by atoms with van der Waals surface area (Å²) in [5, 5.41) is 11.1. The van der Waals surface area contributed by atoms with Crippen LogP contribution in [0.15, 0.2) is 47.6 Å². The Morgan fingerprint density at radius 2 is 2.19 bits per heavy atom. The van der Waals surface area contributed by atoms with Crippen LogP contribution >= 0.6 is 11.8 Å². The Morgan fingerprint density at radius 3 is 2.85 bits per heavy atom. The summed E-state index contributed by atoms with van der Waals surface area (Å²) in [6.07, 6.45) is 2.58. The molecule has 2 atom stereocenters. The molecule has 1 N–H and O–H groups in total. The molecule has 1 amide bonds. The second-order valence-electron chi connectivity index (χ2n) is 6.83. The summed E-state index contributed by atoms with van der Waals surface area (Å²) in [6, 6.07) is 11.0. The third kappa shape index (κ3) is 4.73. The molecule has 2 aromatic rings. The molecule has 6 nitrogen and oxygen atoms in total. The van der Waals surface area contributed by atoms with Gasteiger partial charge in [-0.2, -0.15) is 0 Å². The number of amides is 1. The van der Waals surface area contributed by atoms with Crippen LogP contribution in [0.5, 0.6) is 11.5 Å². The van der Waals surface area contributed by atoms with E-state index in [0.29, 0.717) is 17.5 Å². The van der Waals surface area contributed by atoms with Gasteiger partial charge in [0.25, 0.3) is 0 Å². The fourth-order valence-electron chi connectivity index (χ4n) is 3.32. The predicted octanol–water partition coefficient (Wildman–Crippen LogP) is 2.62. The van der Waals surface area contributed by atoms with Crippen molar-refractivity contribution in [3.63, 3.8) is 0 Å². The number of phenolic OH excluding ortho intramolecular Hbond substituents is 1. The van der Waals surface area contributed by atoms with Crippen LogP contribution in [0.3, 0.4) is 0 Å². The van der Waals surface area contributed by atoms with Crippen molar-refractivity contribution >= 4 is 17.7 Å². The lowest BCUT2D eigenvalue weighted by atomic mass is 10.1. The number of likely N-dealkylation sites (tertiary alicyclic amines) is 1. The molecule has 0 unspecified atom stereocenters. The van der Waals surface area contributed by atoms with E-state index in [4.69, 9.17) is 4.74 Å². The molecular formula is C20H25N3O3S. The van der Waals surface area contributed by atoms with Gasteiger partial charge >= 0.3 is 0 Å². The van der Waals surface area contributed by atoms with Gasteiger partial charge in [0.1, 0.15) is 0 Å². The summed E-state index contributed by atoms with van der Waals surface area (Å²) in [5.74, 6) is 0.679. The Hall–Kier alpha value is -2.25. The number of hydrogen-bond acceptors (Lipinski definition) is 6. The summed E-state index contributed by atoms with van der Waals surface area (Å²) < 4.78 is 5.21. The third-order valence-electron chi connectivity index (χ3n) is 4.65. The van der Waals surface area contributed by atoms with E-state index in [1.807, 2.05) is 30.3 Å². The van der Waals surface area contributed by atoms with E-state index < -0.39 is 0 Å². The molecule has 144 valence electrons. The summed E-state index contributed by atoms with van der Waals surface area (Å²) in [4.78, 5) is 21.0. The smallest absolute Gasteiger partial charge is 0.239 e. The molecule has 0 saturated carbocycles. The number of aromatic nitrogens is 1. The summed E-state index contributed by atoms with van der Waals surface area (Å²) >= 11 is 1.72. The van der Waals surface area contributed by atoms with Crippen molar-refractivity contribution in [1.29, 1.82) is 0 Å². The fraction of sp³-hybridized carbons (Fsp3) is 0.400. The van der Waals surface area contributed by atoms with Crippen LogP contribution in [0.4, 0.5) is 0 Å². The minimum atomic E-state index is -0.166. The van der Waals surface area contributed by atoms with Crippen LogP contribution in [-0.2, 0) is 11.3 Å². The highest BCUT2D eigenvalue weighted by atomic mass is 32.2. The molecule has 1 fully saturated rings. The van der Waals surface area contributed by atoms with Crippen LogP contribution in [-0.4, -0.2) is 64.8 Å². The number of aromatic hydroxyl groups is 1. The normalized spacial score (nSPS) is 19.8. The van der Waals surface area contributed by atoms with E-state index in [1.54, 1.807) is 43.0 Å². The fourth-order valence-corrected chi connectivity index (χ4v) is 4.48. The number of hydrogen-bond donors (Lipinski definition) is 1. The number of phenols is 1. The largest absolute Gasteiger partial charge is 0.504 e. The number of thioether (sulfide) groups is 1. The molecule has 1 saturated heterocycles. The molecule has 1 aliphatic rings. The van der Waals surface area contributed by atoms with Crippen molar-refractivity contribution in [2.45, 2.75) is 29.3 Å². The van der Waals surface area contributed by atoms with Crippen molar-refractivity contribution in [3.05, 3.63) is 48.2 Å². The summed E-state index contributed by atoms with van der Waals surface area (Å²) in [5.41, 5.74) is 1.00. The third-order valence-corrected chi connectivity index (χ3v) is 5.80. The maximum atomic E-state index is 12.7. The quantitative estimate of drug-likeness (QED) is 0.822. The van der Waals surface area contributed by atoms with Gasteiger partial charge in [0.2, 0.25) is 5.91 Å². The molecule has 0 bridgehead atoms. The van der Waals surface area contributed by atoms with Crippen molar-refractivity contribution in [1.82, 2.24) is 14.8 Å². The van der Waals surface area contributed by atoms with Crippen LogP contribution in [0.1, 0.15) is 12.0 Å². The van der Waals surface area contributed by atoms with Crippen molar-refractivity contribution in [2.75, 3.05) is 27.7 Å². The molecular weight excluding hydrogens is 362 g/mol. The van der Waals surface area contributed by atoms with Crippen molar-refractivity contribution in [2.24, 2.45) is 0 Å². The van der Waals surface area contributed by atoms with Gasteiger partial charge in [0.15, 0.2) is 11.5 Å². The first-order valence-corrected chi connectivity index (χ1v) is 9.74. The summed E-state index contributed by atoms with van der Waals surface area (Å²) in [6.45, 7) is 1.43. The zero-order valence-electron chi connectivity index (χ0n) is 15.8. The van der Waals surface area contributed by atoms with Crippen LogP contribution in [0.25, 0.3) is 0 Å². The Kier molecular flexibility index (Phi) is 6.23. The number of rotatable bonds is 6. The van der Waals surface area contributed by atoms with Gasteiger partial charge in [-0.3, -0.25) is 9.69 Å². The van der Waals surface area contributed by atoms with Crippen LogP contribution < -0.4 is 4.74 Å². The number of benzene rings is 1. The Bertz CT molecular complexity index is 785. The van der Waals surface area contributed by atoms with E-state index in [9.17, 15) is 9.90 Å². The maximum Gasteiger partial charge on any atom is 0.239 e. The monoisotopic (exact) mass is 387 g/mol. The zero-order valence-corrected chi connectivity index (χ0v) is 16.6. The lowest BCUT2D eigenvalue weighted by Gasteiger charge is -2.26. The Labute approximate surface area is 164 Å². The van der Waals surface area contributed by atoms with Gasteiger partial charge in [0, 0.05) is 38.6 Å². The number of carbonyl (C=O) groups excluding carboxylic acids is 1. The second kappa shape index (κ2) is 8.63. The van der Waals surface area contributed by atoms with Gasteiger partial charge in [-0.1, -0.05) is 12.1 Å². The Balaban J connectivity index is 1.76. The highest BCUT2D eigenvalue weighted by Crippen LogP contribution is 2.34. The molecule has 1 aromatic heterocycles. The molecule has 27 heavy (non-hydrogen) atoms. The van der Waals surface area contributed by atoms with Gasteiger partial charge in [0.05, 0.1) is 18.2 Å². The van der Waals surface area contributed by atoms with E-state index in [0.717, 1.165) is 23.6 Å². The van der Waals surface area contributed by atoms with Crippen molar-refractivity contribution in [3.8, 4) is 11.5 Å². The lowest BCUT2D eigenvalue weighted by Crippen LogP contribution is -2.42. The second-order valence-corrected chi connectivity index (χ2v) is 8.15. The van der Waals surface area contributed by atoms with E-state index >= 15 is 0 Å². The molecule has 0 aliphatic carbocycles. The first-order chi connectivity index (χ1) is 13.0. The van der Waals surface area contributed by atoms with Gasteiger partial charge < -0.3 is 14.7 Å². The highest BCUT2D eigenvalue weighted by molar-refractivity contribution is 7.99. The molecule has 0 radical (unpaired) electrons. The number of likely N-dealkylation sites (N-methyl/N-ethyl adjacent to an activating group) is 1. The minimum Gasteiger partial charge on any atom is -0.504 e. The molecule has 1 aliphatic heterocycles. The standard InChI is InChI=1S/C20H25N3O3S/c1-22(2)20(25)16-11-15(27-19-6-4-5-9-21-19)13-23(16)12-14-7-8-17(24)18(10-14)26-3/h4-10,15-16,24H,11-13H2,1-3H3/t15-,16+/m1/s1. The first-order valence-electron chi connectivity index (χ1n) is 8.86. The SMILES string of the molecule is COc1cc(CN2C[C@H](Sc3ccccn3)C[C@H]2C(=O)N(C)C)ccc1O. The predicted molar refractivity (Wildman–Crippen MR) is 106 cm³/mol. The van der Waals surface area contributed by atoms with E-state index in [1.165, 1.54) is 7.11 Å². The topological polar surface area (TPSA) is 65.9 Å². The maximum absolute atomic E-state index is 12.7. The molecule has 0 spiro atoms. The number of methoxy groups -OCH3 is 1. The number of pyridine rings is 1. The number of ether oxygens (including phenoxy) is 1. The van der Waals surface area contributed by atoms with E-state index in [-0.39, 0.29) is 17.7 Å².